The average Bonchev–Trinajstić information content (AvgIpc) is 2.22. The quantitative estimate of drug-likeness (QED) is 0.371. The first kappa shape index (κ1) is 13.0. The minimum atomic E-state index is -1.03. The molecule has 0 radical (unpaired) electrons. The Hall–Kier alpha value is -1.10. The SMILES string of the molecule is Cc1cc(NC(=N)C(C)C(N)O)ccc1Cl. The van der Waals surface area contributed by atoms with E-state index in [1.54, 1.807) is 19.1 Å². The molecule has 0 aliphatic heterocycles. The van der Waals surface area contributed by atoms with Crippen molar-refractivity contribution in [2.75, 3.05) is 5.32 Å². The van der Waals surface area contributed by atoms with Crippen molar-refractivity contribution in [3.05, 3.63) is 28.8 Å². The molecule has 0 bridgehead atoms. The van der Waals surface area contributed by atoms with Crippen LogP contribution in [0.5, 0.6) is 0 Å². The van der Waals surface area contributed by atoms with Crippen LogP contribution < -0.4 is 11.1 Å². The van der Waals surface area contributed by atoms with Gasteiger partial charge >= 0.3 is 0 Å². The van der Waals surface area contributed by atoms with Gasteiger partial charge in [0, 0.05) is 10.7 Å². The number of aliphatic hydroxyl groups is 1. The van der Waals surface area contributed by atoms with Gasteiger partial charge in [0.05, 0.1) is 5.92 Å². The van der Waals surface area contributed by atoms with E-state index in [1.807, 2.05) is 13.0 Å². The fraction of sp³-hybridized carbons (Fsp3) is 0.364. The Morgan fingerprint density at radius 3 is 2.69 bits per heavy atom. The van der Waals surface area contributed by atoms with Gasteiger partial charge in [-0.2, -0.15) is 0 Å². The molecule has 1 rings (SSSR count). The lowest BCUT2D eigenvalue weighted by Gasteiger charge is -2.17. The monoisotopic (exact) mass is 241 g/mol. The van der Waals surface area contributed by atoms with Gasteiger partial charge in [0.2, 0.25) is 0 Å². The lowest BCUT2D eigenvalue weighted by Crippen LogP contribution is -2.36. The number of hydrogen-bond donors (Lipinski definition) is 4. The fourth-order valence-electron chi connectivity index (χ4n) is 1.16. The van der Waals surface area contributed by atoms with Crippen LogP contribution in [0.25, 0.3) is 0 Å². The predicted molar refractivity (Wildman–Crippen MR) is 66.9 cm³/mol. The van der Waals surface area contributed by atoms with Crippen LogP contribution >= 0.6 is 11.6 Å². The van der Waals surface area contributed by atoms with Crippen molar-refractivity contribution in [1.29, 1.82) is 5.41 Å². The van der Waals surface area contributed by atoms with Gasteiger partial charge in [-0.15, -0.1) is 0 Å². The van der Waals surface area contributed by atoms with Gasteiger partial charge in [0.15, 0.2) is 0 Å². The van der Waals surface area contributed by atoms with Crippen molar-refractivity contribution in [3.8, 4) is 0 Å². The van der Waals surface area contributed by atoms with Crippen molar-refractivity contribution < 1.29 is 5.11 Å². The van der Waals surface area contributed by atoms with Crippen molar-refractivity contribution in [2.45, 2.75) is 20.1 Å². The molecule has 88 valence electrons. The molecule has 0 aliphatic rings. The minimum absolute atomic E-state index is 0.178. The highest BCUT2D eigenvalue weighted by atomic mass is 35.5. The summed E-state index contributed by atoms with van der Waals surface area (Å²) in [6.07, 6.45) is -1.03. The molecule has 2 atom stereocenters. The number of halogens is 1. The van der Waals surface area contributed by atoms with E-state index in [2.05, 4.69) is 5.32 Å². The Morgan fingerprint density at radius 2 is 2.19 bits per heavy atom. The second-order valence-electron chi connectivity index (χ2n) is 3.78. The second kappa shape index (κ2) is 5.30. The molecule has 0 aromatic heterocycles. The van der Waals surface area contributed by atoms with Crippen LogP contribution in [0.1, 0.15) is 12.5 Å². The van der Waals surface area contributed by atoms with Crippen LogP contribution in [0.15, 0.2) is 18.2 Å². The number of benzene rings is 1. The number of aliphatic hydroxyl groups excluding tert-OH is 1. The van der Waals surface area contributed by atoms with Gasteiger partial charge in [-0.25, -0.2) is 0 Å². The maximum atomic E-state index is 9.14. The number of hydrogen-bond acceptors (Lipinski definition) is 3. The van der Waals surface area contributed by atoms with Crippen LogP contribution in [-0.2, 0) is 0 Å². The van der Waals surface area contributed by atoms with Gasteiger partial charge < -0.3 is 16.2 Å². The first-order valence-corrected chi connectivity index (χ1v) is 5.35. The summed E-state index contributed by atoms with van der Waals surface area (Å²) in [5, 5.41) is 20.4. The molecule has 16 heavy (non-hydrogen) atoms. The Bertz CT molecular complexity index is 393. The molecule has 4 nitrogen and oxygen atoms in total. The number of nitrogens with two attached hydrogens (primary N) is 1. The zero-order valence-corrected chi connectivity index (χ0v) is 10.0. The number of rotatable bonds is 3. The predicted octanol–water partition coefficient (Wildman–Crippen LogP) is 1.95. The Kier molecular flexibility index (Phi) is 4.29. The first-order valence-electron chi connectivity index (χ1n) is 4.97. The summed E-state index contributed by atoms with van der Waals surface area (Å²) in [5.41, 5.74) is 6.99. The molecule has 2 unspecified atom stereocenters. The molecule has 5 heteroatoms. The molecule has 5 N–H and O–H groups in total. The number of amidine groups is 1. The summed E-state index contributed by atoms with van der Waals surface area (Å²) in [4.78, 5) is 0. The zero-order valence-electron chi connectivity index (χ0n) is 9.29. The van der Waals surface area contributed by atoms with Gasteiger partial charge in [-0.1, -0.05) is 18.5 Å². The van der Waals surface area contributed by atoms with Crippen molar-refractivity contribution >= 4 is 23.1 Å². The van der Waals surface area contributed by atoms with E-state index < -0.39 is 12.1 Å². The zero-order chi connectivity index (χ0) is 12.3. The van der Waals surface area contributed by atoms with E-state index in [9.17, 15) is 0 Å². The standard InChI is InChI=1S/C11H16ClN3O/c1-6-5-8(3-4-9(6)12)15-10(13)7(2)11(14)16/h3-5,7,11,16H,14H2,1-2H3,(H2,13,15). The molecular weight excluding hydrogens is 226 g/mol. The topological polar surface area (TPSA) is 82.1 Å². The van der Waals surface area contributed by atoms with Crippen molar-refractivity contribution in [3.63, 3.8) is 0 Å². The maximum absolute atomic E-state index is 9.14. The Morgan fingerprint density at radius 1 is 1.56 bits per heavy atom. The molecule has 0 amide bonds. The summed E-state index contributed by atoms with van der Waals surface area (Å²) >= 11 is 5.89. The van der Waals surface area contributed by atoms with Crippen LogP contribution in [0.3, 0.4) is 0 Å². The van der Waals surface area contributed by atoms with Crippen LogP contribution in [0.4, 0.5) is 5.69 Å². The molecule has 0 spiro atoms. The third-order valence-corrected chi connectivity index (χ3v) is 2.83. The van der Waals surface area contributed by atoms with E-state index in [0.717, 1.165) is 11.3 Å². The lowest BCUT2D eigenvalue weighted by atomic mass is 10.1. The fourth-order valence-corrected chi connectivity index (χ4v) is 1.28. The third kappa shape index (κ3) is 3.20. The summed E-state index contributed by atoms with van der Waals surface area (Å²) in [5.74, 6) is -0.257. The molecule has 0 fully saturated rings. The largest absolute Gasteiger partial charge is 0.378 e. The van der Waals surface area contributed by atoms with Crippen LogP contribution in [-0.4, -0.2) is 17.2 Å². The third-order valence-electron chi connectivity index (χ3n) is 2.40. The molecular formula is C11H16ClN3O. The van der Waals surface area contributed by atoms with Gasteiger partial charge in [-0.05, 0) is 30.7 Å². The molecule has 0 heterocycles. The van der Waals surface area contributed by atoms with Crippen molar-refractivity contribution in [2.24, 2.45) is 11.7 Å². The van der Waals surface area contributed by atoms with Gasteiger partial charge in [-0.3, -0.25) is 5.41 Å². The second-order valence-corrected chi connectivity index (χ2v) is 4.19. The maximum Gasteiger partial charge on any atom is 0.112 e. The lowest BCUT2D eigenvalue weighted by molar-refractivity contribution is 0.152. The van der Waals surface area contributed by atoms with Gasteiger partial charge in [0.1, 0.15) is 12.1 Å². The average molecular weight is 242 g/mol. The smallest absolute Gasteiger partial charge is 0.112 e. The number of nitrogens with one attached hydrogen (secondary N) is 2. The highest BCUT2D eigenvalue weighted by Crippen LogP contribution is 2.19. The van der Waals surface area contributed by atoms with Gasteiger partial charge in [0.25, 0.3) is 0 Å². The number of anilines is 1. The van der Waals surface area contributed by atoms with Crippen molar-refractivity contribution in [1.82, 2.24) is 0 Å². The molecule has 0 saturated heterocycles. The highest BCUT2D eigenvalue weighted by Gasteiger charge is 2.15. The summed E-state index contributed by atoms with van der Waals surface area (Å²) < 4.78 is 0. The Balaban J connectivity index is 2.74. The van der Waals surface area contributed by atoms with E-state index in [4.69, 9.17) is 27.9 Å². The van der Waals surface area contributed by atoms with E-state index in [0.29, 0.717) is 5.02 Å². The Labute approximate surface area is 99.9 Å². The minimum Gasteiger partial charge on any atom is -0.378 e. The summed E-state index contributed by atoms with van der Waals surface area (Å²) in [6, 6.07) is 5.38. The van der Waals surface area contributed by atoms with E-state index >= 15 is 0 Å². The molecule has 1 aromatic rings. The summed E-state index contributed by atoms with van der Waals surface area (Å²) in [7, 11) is 0. The number of aryl methyl sites for hydroxylation is 1. The molecule has 0 aliphatic carbocycles. The van der Waals surface area contributed by atoms with Crippen LogP contribution in [0.2, 0.25) is 5.02 Å². The van der Waals surface area contributed by atoms with E-state index in [1.165, 1.54) is 0 Å². The van der Waals surface area contributed by atoms with Crippen LogP contribution in [0, 0.1) is 18.3 Å². The molecule has 1 aromatic carbocycles. The normalized spacial score (nSPS) is 14.3. The first-order chi connectivity index (χ1) is 7.41. The highest BCUT2D eigenvalue weighted by molar-refractivity contribution is 6.31. The van der Waals surface area contributed by atoms with E-state index in [-0.39, 0.29) is 5.84 Å². The molecule has 0 saturated carbocycles. The summed E-state index contributed by atoms with van der Waals surface area (Å²) in [6.45, 7) is 3.57.